The Morgan fingerprint density at radius 2 is 1.53 bits per heavy atom. The van der Waals surface area contributed by atoms with Crippen LogP contribution in [-0.2, 0) is 18.3 Å². The van der Waals surface area contributed by atoms with Crippen molar-refractivity contribution in [3.63, 3.8) is 0 Å². The number of alkyl carbamates (subject to hydrolysis) is 1. The lowest BCUT2D eigenvalue weighted by atomic mass is 10.0. The van der Waals surface area contributed by atoms with Crippen molar-refractivity contribution in [1.29, 1.82) is 0 Å². The summed E-state index contributed by atoms with van der Waals surface area (Å²) in [6.07, 6.45) is 11.0. The van der Waals surface area contributed by atoms with E-state index < -0.39 is 20.0 Å². The zero-order chi connectivity index (χ0) is 22.9. The van der Waals surface area contributed by atoms with Crippen LogP contribution in [0.1, 0.15) is 77.6 Å². The molecule has 0 aromatic rings. The average Bonchev–Trinajstić information content (AvgIpc) is 2.65. The summed E-state index contributed by atoms with van der Waals surface area (Å²) in [6.45, 7) is 2.68. The van der Waals surface area contributed by atoms with E-state index in [1.807, 2.05) is 21.1 Å². The molecule has 30 heavy (non-hydrogen) atoms. The van der Waals surface area contributed by atoms with Crippen LogP contribution in [0.2, 0.25) is 0 Å². The van der Waals surface area contributed by atoms with Crippen molar-refractivity contribution in [2.45, 2.75) is 83.7 Å². The first-order valence-corrected chi connectivity index (χ1v) is 12.8. The Bertz CT molecular complexity index is 485. The zero-order valence-electron chi connectivity index (χ0n) is 19.8. The molecule has 2 unspecified atom stereocenters. The summed E-state index contributed by atoms with van der Waals surface area (Å²) in [7, 11) is 2.85. The van der Waals surface area contributed by atoms with E-state index in [1.54, 1.807) is 0 Å². The highest BCUT2D eigenvalue weighted by atomic mass is 31.2. The van der Waals surface area contributed by atoms with Crippen LogP contribution in [0.3, 0.4) is 0 Å². The number of carbonyl (C=O) groups excluding carboxylic acids is 1. The Morgan fingerprint density at radius 3 is 2.03 bits per heavy atom. The molecule has 0 aliphatic heterocycles. The van der Waals surface area contributed by atoms with Crippen molar-refractivity contribution in [1.82, 2.24) is 5.32 Å². The molecular formula is C21H45N2O6P. The van der Waals surface area contributed by atoms with E-state index in [2.05, 4.69) is 12.2 Å². The molecule has 180 valence electrons. The lowest BCUT2D eigenvalue weighted by Crippen LogP contribution is -2.37. The predicted molar refractivity (Wildman–Crippen MR) is 118 cm³/mol. The van der Waals surface area contributed by atoms with Crippen LogP contribution >= 0.6 is 7.82 Å². The molecule has 0 heterocycles. The summed E-state index contributed by atoms with van der Waals surface area (Å²) < 4.78 is 27.9. The highest BCUT2D eigenvalue weighted by Crippen LogP contribution is 2.40. The third-order valence-corrected chi connectivity index (χ3v) is 5.83. The largest absolute Gasteiger partial charge is 0.756 e. The van der Waals surface area contributed by atoms with E-state index in [0.717, 1.165) is 19.3 Å². The van der Waals surface area contributed by atoms with Gasteiger partial charge < -0.3 is 28.5 Å². The second-order valence-electron chi connectivity index (χ2n) is 8.84. The lowest BCUT2D eigenvalue weighted by molar-refractivity contribution is -0.870. The number of amides is 1. The average molecular weight is 453 g/mol. The number of phosphoric acid groups is 1. The Hall–Kier alpha value is -0.660. The van der Waals surface area contributed by atoms with Crippen molar-refractivity contribution in [3.05, 3.63) is 0 Å². The number of phosphoric ester groups is 1. The molecule has 0 aliphatic rings. The number of unbranched alkanes of at least 4 members (excludes halogenated alkanes) is 9. The predicted octanol–water partition coefficient (Wildman–Crippen LogP) is 4.23. The van der Waals surface area contributed by atoms with Crippen LogP contribution in [0.25, 0.3) is 0 Å². The van der Waals surface area contributed by atoms with Crippen LogP contribution in [0.4, 0.5) is 4.79 Å². The second kappa shape index (κ2) is 17.0. The Kier molecular flexibility index (Phi) is 16.6. The Balaban J connectivity index is 4.24. The van der Waals surface area contributed by atoms with Gasteiger partial charge in [0, 0.05) is 7.05 Å². The summed E-state index contributed by atoms with van der Waals surface area (Å²) in [5, 5.41) is 2.35. The molecule has 1 amide bonds. The maximum Gasteiger partial charge on any atom is 0.406 e. The number of quaternary nitrogens is 1. The molecular weight excluding hydrogens is 407 g/mol. The molecule has 0 rings (SSSR count). The first-order chi connectivity index (χ1) is 14.1. The van der Waals surface area contributed by atoms with E-state index in [1.165, 1.54) is 52.0 Å². The fourth-order valence-electron chi connectivity index (χ4n) is 2.91. The second-order valence-corrected chi connectivity index (χ2v) is 10.2. The molecule has 2 atom stereocenters. The molecule has 0 aromatic heterocycles. The molecule has 8 nitrogen and oxygen atoms in total. The first kappa shape index (κ1) is 29.3. The van der Waals surface area contributed by atoms with Gasteiger partial charge in [-0.2, -0.15) is 0 Å². The van der Waals surface area contributed by atoms with E-state index in [9.17, 15) is 14.3 Å². The normalized spacial score (nSPS) is 14.9. The lowest BCUT2D eigenvalue weighted by Gasteiger charge is -2.30. The summed E-state index contributed by atoms with van der Waals surface area (Å²) in [5.74, 6) is 0. The fourth-order valence-corrected chi connectivity index (χ4v) is 3.80. The van der Waals surface area contributed by atoms with Crippen LogP contribution < -0.4 is 10.2 Å². The monoisotopic (exact) mass is 452 g/mol. The number of carbonyl (C=O) groups is 1. The molecule has 9 heteroatoms. The molecule has 0 bridgehead atoms. The minimum atomic E-state index is -4.45. The molecule has 0 saturated heterocycles. The third kappa shape index (κ3) is 19.3. The smallest absolute Gasteiger partial charge is 0.406 e. The minimum absolute atomic E-state index is 0.0472. The van der Waals surface area contributed by atoms with Crippen molar-refractivity contribution in [2.75, 3.05) is 47.9 Å². The summed E-state index contributed by atoms with van der Waals surface area (Å²) in [5.41, 5.74) is 0. The van der Waals surface area contributed by atoms with Crippen molar-refractivity contribution < 1.29 is 32.5 Å². The number of ether oxygens (including phenoxy) is 1. The van der Waals surface area contributed by atoms with E-state index in [0.29, 0.717) is 17.4 Å². The standard InChI is InChI=1S/C21H45N2O6P/c1-6-7-8-9-10-11-12-13-14-15-16-20(19-27-21(24)22-2)29-30(25,26)28-18-17-23(3,4)5/h20H,6-19H2,1-5H3,(H-,22,24,25,26). The van der Waals surface area contributed by atoms with Crippen LogP contribution in [0.15, 0.2) is 0 Å². The SMILES string of the molecule is CCCCCCCCCCCCC(COC(=O)NC)OP(=O)([O-])OCC[N+](C)(C)C. The maximum absolute atomic E-state index is 12.1. The van der Waals surface area contributed by atoms with Gasteiger partial charge in [-0.25, -0.2) is 4.79 Å². The molecule has 0 saturated carbocycles. The van der Waals surface area contributed by atoms with Gasteiger partial charge >= 0.3 is 6.09 Å². The van der Waals surface area contributed by atoms with Crippen molar-refractivity contribution in [3.8, 4) is 0 Å². The molecule has 1 N–H and O–H groups in total. The highest BCUT2D eigenvalue weighted by Gasteiger charge is 2.21. The van der Waals surface area contributed by atoms with Crippen molar-refractivity contribution >= 4 is 13.9 Å². The Morgan fingerprint density at radius 1 is 1.00 bits per heavy atom. The molecule has 0 spiro atoms. The van der Waals surface area contributed by atoms with Gasteiger partial charge in [-0.15, -0.1) is 0 Å². The van der Waals surface area contributed by atoms with Gasteiger partial charge in [0.1, 0.15) is 25.9 Å². The van der Waals surface area contributed by atoms with E-state index in [4.69, 9.17) is 13.8 Å². The molecule has 0 aromatic carbocycles. The minimum Gasteiger partial charge on any atom is -0.756 e. The summed E-state index contributed by atoms with van der Waals surface area (Å²) in [4.78, 5) is 23.5. The van der Waals surface area contributed by atoms with E-state index in [-0.39, 0.29) is 13.2 Å². The number of hydrogen-bond donors (Lipinski definition) is 1. The third-order valence-electron chi connectivity index (χ3n) is 4.77. The maximum atomic E-state index is 12.1. The number of nitrogens with one attached hydrogen (secondary N) is 1. The van der Waals surface area contributed by atoms with Gasteiger partial charge in [-0.1, -0.05) is 71.1 Å². The van der Waals surface area contributed by atoms with Gasteiger partial charge in [0.05, 0.1) is 21.1 Å². The highest BCUT2D eigenvalue weighted by molar-refractivity contribution is 7.45. The summed E-state index contributed by atoms with van der Waals surface area (Å²) >= 11 is 0. The van der Waals surface area contributed by atoms with E-state index >= 15 is 0 Å². The van der Waals surface area contributed by atoms with Gasteiger partial charge in [0.2, 0.25) is 0 Å². The fraction of sp³-hybridized carbons (Fsp3) is 0.952. The molecule has 0 aliphatic carbocycles. The number of hydrogen-bond acceptors (Lipinski definition) is 6. The zero-order valence-corrected chi connectivity index (χ0v) is 20.7. The van der Waals surface area contributed by atoms with Crippen molar-refractivity contribution in [2.24, 2.45) is 0 Å². The summed E-state index contributed by atoms with van der Waals surface area (Å²) in [6, 6.07) is 0. The number of rotatable bonds is 19. The van der Waals surface area contributed by atoms with Crippen LogP contribution in [0, 0.1) is 0 Å². The van der Waals surface area contributed by atoms with Gasteiger partial charge in [-0.3, -0.25) is 4.57 Å². The van der Waals surface area contributed by atoms with Crippen LogP contribution in [0.5, 0.6) is 0 Å². The first-order valence-electron chi connectivity index (χ1n) is 11.4. The number of nitrogens with zero attached hydrogens (tertiary/aromatic N) is 1. The molecule has 0 fully saturated rings. The quantitative estimate of drug-likeness (QED) is 0.179. The van der Waals surface area contributed by atoms with Gasteiger partial charge in [0.15, 0.2) is 0 Å². The Labute approximate surface area is 183 Å². The number of likely N-dealkylation sites (N-methyl/N-ethyl adjacent to an activating group) is 1. The van der Waals surface area contributed by atoms with Gasteiger partial charge in [0.25, 0.3) is 7.82 Å². The van der Waals surface area contributed by atoms with Crippen LogP contribution in [-0.4, -0.2) is 64.6 Å². The van der Waals surface area contributed by atoms with Gasteiger partial charge in [-0.05, 0) is 6.42 Å². The topological polar surface area (TPSA) is 96.9 Å². The molecule has 0 radical (unpaired) electrons.